The third-order valence-electron chi connectivity index (χ3n) is 3.36. The Balaban J connectivity index is 2.60. The van der Waals surface area contributed by atoms with Crippen LogP contribution in [0.4, 0.5) is 19.0 Å². The summed E-state index contributed by atoms with van der Waals surface area (Å²) in [6.45, 7) is 3.09. The predicted molar refractivity (Wildman–Crippen MR) is 67.0 cm³/mol. The molecule has 1 aromatic rings. The summed E-state index contributed by atoms with van der Waals surface area (Å²) in [6, 6.07) is 1.10. The lowest BCUT2D eigenvalue weighted by atomic mass is 10.1. The zero-order chi connectivity index (χ0) is 14.9. The lowest BCUT2D eigenvalue weighted by molar-refractivity contribution is -0.141. The molecule has 1 aromatic heterocycles. The number of alkyl halides is 3. The highest BCUT2D eigenvalue weighted by molar-refractivity contribution is 5.90. The average molecular weight is 288 g/mol. The highest BCUT2D eigenvalue weighted by Gasteiger charge is 2.39. The van der Waals surface area contributed by atoms with Gasteiger partial charge in [0.05, 0.1) is 5.56 Å². The molecule has 2 heterocycles. The van der Waals surface area contributed by atoms with E-state index in [1.807, 2.05) is 0 Å². The molecule has 20 heavy (non-hydrogen) atoms. The molecular formula is C13H15F3N2O2. The highest BCUT2D eigenvalue weighted by atomic mass is 19.4. The van der Waals surface area contributed by atoms with Crippen LogP contribution in [0.3, 0.4) is 0 Å². The molecule has 0 unspecified atom stereocenters. The van der Waals surface area contributed by atoms with Gasteiger partial charge in [0.1, 0.15) is 5.82 Å². The second-order valence-electron chi connectivity index (χ2n) is 4.72. The first-order valence-corrected chi connectivity index (χ1v) is 6.44. The van der Waals surface area contributed by atoms with Crippen molar-refractivity contribution in [3.63, 3.8) is 0 Å². The summed E-state index contributed by atoms with van der Waals surface area (Å²) in [5, 5.41) is 8.95. The number of carboxylic acids is 1. The Bertz CT molecular complexity index is 523. The molecule has 0 saturated carbocycles. The third-order valence-corrected chi connectivity index (χ3v) is 3.36. The Kier molecular flexibility index (Phi) is 3.87. The van der Waals surface area contributed by atoms with Crippen molar-refractivity contribution in [1.29, 1.82) is 0 Å². The molecule has 2 rings (SSSR count). The Morgan fingerprint density at radius 1 is 1.40 bits per heavy atom. The van der Waals surface area contributed by atoms with Gasteiger partial charge in [0.15, 0.2) is 5.69 Å². The van der Waals surface area contributed by atoms with Crippen LogP contribution in [-0.2, 0) is 12.6 Å². The van der Waals surface area contributed by atoms with Crippen LogP contribution in [0.2, 0.25) is 0 Å². The van der Waals surface area contributed by atoms with Crippen molar-refractivity contribution >= 4 is 11.8 Å². The molecule has 0 bridgehead atoms. The highest BCUT2D eigenvalue weighted by Crippen LogP contribution is 2.34. The Morgan fingerprint density at radius 2 is 2.00 bits per heavy atom. The summed E-state index contributed by atoms with van der Waals surface area (Å²) < 4.78 is 38.9. The number of pyridine rings is 1. The first-order valence-electron chi connectivity index (χ1n) is 6.44. The van der Waals surface area contributed by atoms with Gasteiger partial charge in [0, 0.05) is 13.1 Å². The van der Waals surface area contributed by atoms with Crippen molar-refractivity contribution in [1.82, 2.24) is 4.98 Å². The van der Waals surface area contributed by atoms with Crippen LogP contribution < -0.4 is 4.90 Å². The van der Waals surface area contributed by atoms with E-state index in [0.29, 0.717) is 25.1 Å². The van der Waals surface area contributed by atoms with Gasteiger partial charge in [-0.05, 0) is 30.9 Å². The normalized spacial score (nSPS) is 15.7. The lowest BCUT2D eigenvalue weighted by Gasteiger charge is -2.22. The van der Waals surface area contributed by atoms with Crippen molar-refractivity contribution in [2.75, 3.05) is 18.0 Å². The second-order valence-corrected chi connectivity index (χ2v) is 4.72. The number of aryl methyl sites for hydroxylation is 1. The molecule has 1 fully saturated rings. The topological polar surface area (TPSA) is 53.4 Å². The number of carboxylic acid groups (broad SMARTS) is 1. The molecule has 4 nitrogen and oxygen atoms in total. The maximum absolute atomic E-state index is 13.0. The fourth-order valence-corrected chi connectivity index (χ4v) is 2.39. The Labute approximate surface area is 114 Å². The van der Waals surface area contributed by atoms with Crippen LogP contribution >= 0.6 is 0 Å². The maximum atomic E-state index is 13.0. The molecular weight excluding hydrogens is 273 g/mol. The number of carbonyl (C=O) groups is 1. The third kappa shape index (κ3) is 2.71. The van der Waals surface area contributed by atoms with E-state index in [9.17, 15) is 18.0 Å². The molecule has 0 aromatic carbocycles. The first-order chi connectivity index (χ1) is 9.34. The van der Waals surface area contributed by atoms with Gasteiger partial charge in [-0.1, -0.05) is 6.92 Å². The number of aromatic nitrogens is 1. The zero-order valence-corrected chi connectivity index (χ0v) is 11.0. The summed E-state index contributed by atoms with van der Waals surface area (Å²) in [4.78, 5) is 16.4. The molecule has 0 aliphatic carbocycles. The number of nitrogens with zero attached hydrogens (tertiary/aromatic N) is 2. The minimum atomic E-state index is -4.77. The van der Waals surface area contributed by atoms with Crippen molar-refractivity contribution in [2.45, 2.75) is 32.4 Å². The van der Waals surface area contributed by atoms with Crippen molar-refractivity contribution < 1.29 is 23.1 Å². The van der Waals surface area contributed by atoms with Gasteiger partial charge in [0.2, 0.25) is 0 Å². The molecule has 1 N–H and O–H groups in total. The molecule has 0 amide bonds. The van der Waals surface area contributed by atoms with Crippen LogP contribution in [0, 0.1) is 0 Å². The van der Waals surface area contributed by atoms with E-state index < -0.39 is 23.4 Å². The maximum Gasteiger partial charge on any atom is 0.434 e. The number of halogens is 3. The zero-order valence-electron chi connectivity index (χ0n) is 11.0. The van der Waals surface area contributed by atoms with Crippen molar-refractivity contribution in [2.24, 2.45) is 0 Å². The molecule has 0 radical (unpaired) electrons. The minimum Gasteiger partial charge on any atom is -0.478 e. The SMILES string of the molecule is CCc1cc(C(=O)O)c(C(F)(F)F)nc1N1CCCC1. The van der Waals surface area contributed by atoms with E-state index in [1.54, 1.807) is 11.8 Å². The minimum absolute atomic E-state index is 0.266. The second kappa shape index (κ2) is 5.30. The first kappa shape index (κ1) is 14.6. The fourth-order valence-electron chi connectivity index (χ4n) is 2.39. The van der Waals surface area contributed by atoms with Crippen LogP contribution in [0.1, 0.15) is 41.4 Å². The van der Waals surface area contributed by atoms with E-state index >= 15 is 0 Å². The summed E-state index contributed by atoms with van der Waals surface area (Å²) in [7, 11) is 0. The lowest BCUT2D eigenvalue weighted by Crippen LogP contribution is -2.24. The van der Waals surface area contributed by atoms with Gasteiger partial charge in [-0.3, -0.25) is 0 Å². The van der Waals surface area contributed by atoms with Crippen LogP contribution in [0.5, 0.6) is 0 Å². The van der Waals surface area contributed by atoms with Crippen LogP contribution in [-0.4, -0.2) is 29.1 Å². The number of anilines is 1. The monoisotopic (exact) mass is 288 g/mol. The molecule has 0 spiro atoms. The number of hydrogen-bond acceptors (Lipinski definition) is 3. The van der Waals surface area contributed by atoms with Gasteiger partial charge in [-0.25, -0.2) is 9.78 Å². The standard InChI is InChI=1S/C13H15F3N2O2/c1-2-8-7-9(12(19)20)10(13(14,15)16)17-11(8)18-5-3-4-6-18/h7H,2-6H2,1H3,(H,19,20). The number of rotatable bonds is 3. The summed E-state index contributed by atoms with van der Waals surface area (Å²) >= 11 is 0. The van der Waals surface area contributed by atoms with Gasteiger partial charge in [-0.15, -0.1) is 0 Å². The molecule has 1 aliphatic heterocycles. The molecule has 110 valence electrons. The average Bonchev–Trinajstić information content (AvgIpc) is 2.89. The molecule has 0 atom stereocenters. The number of hydrogen-bond donors (Lipinski definition) is 1. The van der Waals surface area contributed by atoms with Crippen LogP contribution in [0.25, 0.3) is 0 Å². The largest absolute Gasteiger partial charge is 0.478 e. The number of aromatic carboxylic acids is 1. The summed E-state index contributed by atoms with van der Waals surface area (Å²) in [6.07, 6.45) is -2.51. The van der Waals surface area contributed by atoms with E-state index in [1.165, 1.54) is 0 Å². The summed E-state index contributed by atoms with van der Waals surface area (Å²) in [5.74, 6) is -1.34. The fraction of sp³-hybridized carbons (Fsp3) is 0.538. The molecule has 7 heteroatoms. The van der Waals surface area contributed by atoms with Gasteiger partial charge >= 0.3 is 12.1 Å². The Hall–Kier alpha value is -1.79. The summed E-state index contributed by atoms with van der Waals surface area (Å²) in [5.41, 5.74) is -1.56. The van der Waals surface area contributed by atoms with E-state index in [0.717, 1.165) is 18.9 Å². The van der Waals surface area contributed by atoms with Crippen LogP contribution in [0.15, 0.2) is 6.07 Å². The quantitative estimate of drug-likeness (QED) is 0.929. The van der Waals surface area contributed by atoms with Gasteiger partial charge in [0.25, 0.3) is 0 Å². The molecule has 1 aliphatic rings. The van der Waals surface area contributed by atoms with Gasteiger partial charge in [-0.2, -0.15) is 13.2 Å². The predicted octanol–water partition coefficient (Wildman–Crippen LogP) is 2.96. The van der Waals surface area contributed by atoms with Gasteiger partial charge < -0.3 is 10.0 Å². The van der Waals surface area contributed by atoms with Crippen molar-refractivity contribution in [3.8, 4) is 0 Å². The van der Waals surface area contributed by atoms with E-state index in [2.05, 4.69) is 4.98 Å². The molecule has 1 saturated heterocycles. The van der Waals surface area contributed by atoms with Crippen molar-refractivity contribution in [3.05, 3.63) is 22.9 Å². The van der Waals surface area contributed by atoms with E-state index in [-0.39, 0.29) is 5.82 Å². The smallest absolute Gasteiger partial charge is 0.434 e. The van der Waals surface area contributed by atoms with E-state index in [4.69, 9.17) is 5.11 Å². The Morgan fingerprint density at radius 3 is 2.45 bits per heavy atom.